The summed E-state index contributed by atoms with van der Waals surface area (Å²) < 4.78 is 10.8. The van der Waals surface area contributed by atoms with E-state index in [2.05, 4.69) is 5.32 Å². The number of hydrogen-bond donors (Lipinski definition) is 2. The Morgan fingerprint density at radius 3 is 2.26 bits per heavy atom. The smallest absolute Gasteiger partial charge is 0.310 e. The van der Waals surface area contributed by atoms with Gasteiger partial charge in [-0.3, -0.25) is 14.4 Å². The van der Waals surface area contributed by atoms with Crippen LogP contribution in [0.5, 0.6) is 0 Å². The summed E-state index contributed by atoms with van der Waals surface area (Å²) in [6.07, 6.45) is 2.35. The molecule has 1 aromatic rings. The van der Waals surface area contributed by atoms with Gasteiger partial charge in [-0.15, -0.1) is 0 Å². The molecular weight excluding hydrogens is 352 g/mol. The Kier molecular flexibility index (Phi) is 4.67. The Morgan fingerprint density at radius 1 is 1.00 bits per heavy atom. The number of amides is 2. The molecule has 4 rings (SSSR count). The maximum atomic E-state index is 12.6. The average Bonchev–Trinajstić information content (AvgIpc) is 3.30. The van der Waals surface area contributed by atoms with Crippen LogP contribution in [0.15, 0.2) is 36.4 Å². The van der Waals surface area contributed by atoms with Crippen molar-refractivity contribution in [1.29, 1.82) is 0 Å². The van der Waals surface area contributed by atoms with Crippen LogP contribution >= 0.6 is 0 Å². The second-order valence-corrected chi connectivity index (χ2v) is 6.81. The summed E-state index contributed by atoms with van der Waals surface area (Å²) in [6.45, 7) is 2.19. The van der Waals surface area contributed by atoms with Crippen molar-refractivity contribution in [3.63, 3.8) is 0 Å². The van der Waals surface area contributed by atoms with Gasteiger partial charge in [0, 0.05) is 24.3 Å². The lowest BCUT2D eigenvalue weighted by molar-refractivity contribution is -0.145. The van der Waals surface area contributed by atoms with Crippen LogP contribution in [0, 0.1) is 11.8 Å². The van der Waals surface area contributed by atoms with Crippen molar-refractivity contribution in [3.8, 4) is 0 Å². The number of hydrogen-bond acceptors (Lipinski definition) is 5. The van der Waals surface area contributed by atoms with Crippen LogP contribution in [0.1, 0.15) is 10.4 Å². The quantitative estimate of drug-likeness (QED) is 0.756. The first-order valence-electron chi connectivity index (χ1n) is 8.89. The number of aliphatic carboxylic acids is 1. The number of benzene rings is 1. The lowest BCUT2D eigenvalue weighted by Crippen LogP contribution is -2.40. The van der Waals surface area contributed by atoms with Crippen LogP contribution in [0.25, 0.3) is 0 Å². The lowest BCUT2D eigenvalue weighted by Gasteiger charge is -2.27. The maximum Gasteiger partial charge on any atom is 0.310 e. The van der Waals surface area contributed by atoms with Gasteiger partial charge in [-0.05, 0) is 24.3 Å². The molecule has 2 saturated heterocycles. The van der Waals surface area contributed by atoms with Gasteiger partial charge < -0.3 is 24.8 Å². The Hall–Kier alpha value is -2.71. The molecule has 0 spiro atoms. The highest BCUT2D eigenvalue weighted by molar-refractivity contribution is 5.98. The molecule has 2 bridgehead atoms. The minimum Gasteiger partial charge on any atom is -0.481 e. The molecule has 142 valence electrons. The summed E-state index contributed by atoms with van der Waals surface area (Å²) in [5.74, 6) is -3.17. The highest BCUT2D eigenvalue weighted by atomic mass is 16.5. The van der Waals surface area contributed by atoms with Gasteiger partial charge in [0.2, 0.25) is 5.91 Å². The highest BCUT2D eigenvalue weighted by Crippen LogP contribution is 2.39. The molecule has 2 fully saturated rings. The third kappa shape index (κ3) is 3.33. The monoisotopic (exact) mass is 372 g/mol. The van der Waals surface area contributed by atoms with Crippen LogP contribution in [-0.4, -0.2) is 66.3 Å². The molecule has 3 aliphatic heterocycles. The molecule has 0 aromatic heterocycles. The number of nitrogens with zero attached hydrogens (tertiary/aromatic N) is 1. The van der Waals surface area contributed by atoms with Gasteiger partial charge in [0.25, 0.3) is 5.91 Å². The van der Waals surface area contributed by atoms with Gasteiger partial charge in [0.1, 0.15) is 5.92 Å². The van der Waals surface area contributed by atoms with Crippen LogP contribution < -0.4 is 5.32 Å². The fraction of sp³-hybridized carbons (Fsp3) is 0.421. The highest BCUT2D eigenvalue weighted by Gasteiger charge is 2.53. The number of anilines is 1. The minimum absolute atomic E-state index is 0.0752. The molecule has 3 heterocycles. The number of carboxylic acids is 1. The van der Waals surface area contributed by atoms with E-state index in [0.29, 0.717) is 37.6 Å². The lowest BCUT2D eigenvalue weighted by atomic mass is 9.82. The summed E-state index contributed by atoms with van der Waals surface area (Å²) in [4.78, 5) is 38.3. The Balaban J connectivity index is 1.42. The molecule has 0 saturated carbocycles. The molecule has 4 atom stereocenters. The van der Waals surface area contributed by atoms with Crippen LogP contribution in [0.2, 0.25) is 0 Å². The van der Waals surface area contributed by atoms with Crippen molar-refractivity contribution in [3.05, 3.63) is 42.0 Å². The van der Waals surface area contributed by atoms with Gasteiger partial charge in [-0.2, -0.15) is 0 Å². The summed E-state index contributed by atoms with van der Waals surface area (Å²) in [5.41, 5.74) is 1.04. The van der Waals surface area contributed by atoms with Crippen molar-refractivity contribution in [1.82, 2.24) is 4.90 Å². The number of carboxylic acid groups (broad SMARTS) is 1. The number of carbonyl (C=O) groups is 3. The predicted octanol–water partition coefficient (Wildman–Crippen LogP) is 0.752. The Labute approximate surface area is 155 Å². The molecule has 2 amide bonds. The fourth-order valence-electron chi connectivity index (χ4n) is 3.79. The van der Waals surface area contributed by atoms with Gasteiger partial charge >= 0.3 is 5.97 Å². The minimum atomic E-state index is -1.04. The van der Waals surface area contributed by atoms with E-state index in [1.165, 1.54) is 0 Å². The maximum absolute atomic E-state index is 12.6. The van der Waals surface area contributed by atoms with E-state index in [1.54, 1.807) is 41.3 Å². The van der Waals surface area contributed by atoms with Crippen LogP contribution in [-0.2, 0) is 19.1 Å². The topological polar surface area (TPSA) is 105 Å². The zero-order chi connectivity index (χ0) is 19.0. The SMILES string of the molecule is O=C(O)[C@@H]1[C@H](C(=O)Nc2ccc(C(=O)N3CCOCC3)cc2)[C@@H]2C=C[C@H]1O2. The van der Waals surface area contributed by atoms with E-state index >= 15 is 0 Å². The molecule has 1 aromatic carbocycles. The number of ether oxygens (including phenoxy) is 2. The summed E-state index contributed by atoms with van der Waals surface area (Å²) >= 11 is 0. The number of morpholine rings is 1. The number of rotatable bonds is 4. The molecule has 8 heteroatoms. The van der Waals surface area contributed by atoms with Gasteiger partial charge in [-0.1, -0.05) is 12.2 Å². The largest absolute Gasteiger partial charge is 0.481 e. The van der Waals surface area contributed by atoms with Crippen LogP contribution in [0.3, 0.4) is 0 Å². The predicted molar refractivity (Wildman–Crippen MR) is 94.2 cm³/mol. The van der Waals surface area contributed by atoms with E-state index in [0.717, 1.165) is 0 Å². The normalized spacial score (nSPS) is 29.0. The summed E-state index contributed by atoms with van der Waals surface area (Å²) in [6, 6.07) is 6.59. The van der Waals surface area contributed by atoms with E-state index in [4.69, 9.17) is 9.47 Å². The number of fused-ring (bicyclic) bond motifs is 2. The van der Waals surface area contributed by atoms with Crippen molar-refractivity contribution in [2.24, 2.45) is 11.8 Å². The second-order valence-electron chi connectivity index (χ2n) is 6.81. The van der Waals surface area contributed by atoms with Crippen molar-refractivity contribution < 1.29 is 29.0 Å². The molecular formula is C19H20N2O6. The zero-order valence-electron chi connectivity index (χ0n) is 14.5. The van der Waals surface area contributed by atoms with E-state index in [9.17, 15) is 19.5 Å². The first-order chi connectivity index (χ1) is 13.0. The van der Waals surface area contributed by atoms with E-state index in [1.807, 2.05) is 0 Å². The molecule has 8 nitrogen and oxygen atoms in total. The van der Waals surface area contributed by atoms with Crippen molar-refractivity contribution in [2.75, 3.05) is 31.6 Å². The fourth-order valence-corrected chi connectivity index (χ4v) is 3.79. The van der Waals surface area contributed by atoms with Gasteiger partial charge in [0.05, 0.1) is 31.3 Å². The Morgan fingerprint density at radius 2 is 1.63 bits per heavy atom. The van der Waals surface area contributed by atoms with Gasteiger partial charge in [-0.25, -0.2) is 0 Å². The molecule has 27 heavy (non-hydrogen) atoms. The van der Waals surface area contributed by atoms with Crippen LogP contribution in [0.4, 0.5) is 5.69 Å². The molecule has 0 unspecified atom stereocenters. The summed E-state index contributed by atoms with van der Waals surface area (Å²) in [5, 5.41) is 12.1. The third-order valence-corrected chi connectivity index (χ3v) is 5.19. The number of carbonyl (C=O) groups excluding carboxylic acids is 2. The number of nitrogens with one attached hydrogen (secondary N) is 1. The summed E-state index contributed by atoms with van der Waals surface area (Å²) in [7, 11) is 0. The molecule has 3 aliphatic rings. The van der Waals surface area contributed by atoms with E-state index in [-0.39, 0.29) is 5.91 Å². The zero-order valence-corrected chi connectivity index (χ0v) is 14.5. The van der Waals surface area contributed by atoms with E-state index < -0.39 is 35.9 Å². The third-order valence-electron chi connectivity index (χ3n) is 5.19. The Bertz CT molecular complexity index is 784. The standard InChI is InChI=1S/C19H20N2O6/c22-17(15-13-5-6-14(27-13)16(15)19(24)25)20-12-3-1-11(2-4-12)18(23)21-7-9-26-10-8-21/h1-6,13-16H,7-10H2,(H,20,22)(H,24,25)/t13-,14+,15+,16-/m0/s1. The van der Waals surface area contributed by atoms with Crippen molar-refractivity contribution >= 4 is 23.5 Å². The molecule has 0 aliphatic carbocycles. The first kappa shape index (κ1) is 17.7. The molecule has 0 radical (unpaired) electrons. The molecule has 2 N–H and O–H groups in total. The first-order valence-corrected chi connectivity index (χ1v) is 8.89. The van der Waals surface area contributed by atoms with Gasteiger partial charge in [0.15, 0.2) is 0 Å². The average molecular weight is 372 g/mol. The van der Waals surface area contributed by atoms with Crippen molar-refractivity contribution in [2.45, 2.75) is 12.2 Å². The second kappa shape index (κ2) is 7.13.